The van der Waals surface area contributed by atoms with Gasteiger partial charge in [-0.25, -0.2) is 0 Å². The fraction of sp³-hybridized carbons (Fsp3) is 0.0769. The van der Waals surface area contributed by atoms with Gasteiger partial charge in [0.2, 0.25) is 0 Å². The van der Waals surface area contributed by atoms with Crippen molar-refractivity contribution in [2.24, 2.45) is 0 Å². The SMILES string of the molecule is OCc1cc(Cl)ccc1Oc1ccc(Br)cc1Br. The molecule has 94 valence electrons. The second-order valence-corrected chi connectivity index (χ2v) is 5.79. The Hall–Kier alpha value is -0.550. The number of aliphatic hydroxyl groups is 1. The van der Waals surface area contributed by atoms with Crippen LogP contribution in [0.5, 0.6) is 11.5 Å². The zero-order chi connectivity index (χ0) is 13.1. The standard InChI is InChI=1S/C13H9Br2ClO2/c14-9-1-3-13(11(15)6-9)18-12-4-2-10(16)5-8(12)7-17/h1-6,17H,7H2. The lowest BCUT2D eigenvalue weighted by Crippen LogP contribution is -1.92. The molecular formula is C13H9Br2ClO2. The topological polar surface area (TPSA) is 29.5 Å². The van der Waals surface area contributed by atoms with E-state index >= 15 is 0 Å². The summed E-state index contributed by atoms with van der Waals surface area (Å²) < 4.78 is 7.54. The highest BCUT2D eigenvalue weighted by atomic mass is 79.9. The van der Waals surface area contributed by atoms with Crippen molar-refractivity contribution in [3.63, 3.8) is 0 Å². The first-order valence-corrected chi connectivity index (χ1v) is 7.09. The van der Waals surface area contributed by atoms with Crippen molar-refractivity contribution in [2.75, 3.05) is 0 Å². The number of benzene rings is 2. The lowest BCUT2D eigenvalue weighted by molar-refractivity contribution is 0.276. The molecule has 2 aromatic rings. The van der Waals surface area contributed by atoms with Crippen molar-refractivity contribution < 1.29 is 9.84 Å². The van der Waals surface area contributed by atoms with Crippen LogP contribution in [-0.2, 0) is 6.61 Å². The Morgan fingerprint density at radius 2 is 1.78 bits per heavy atom. The maximum Gasteiger partial charge on any atom is 0.141 e. The maximum absolute atomic E-state index is 9.28. The number of halogens is 3. The summed E-state index contributed by atoms with van der Waals surface area (Å²) in [6.45, 7) is -0.121. The molecule has 2 aromatic carbocycles. The lowest BCUT2D eigenvalue weighted by Gasteiger charge is -2.11. The third kappa shape index (κ3) is 3.26. The predicted molar refractivity (Wildman–Crippen MR) is 79.3 cm³/mol. The number of aliphatic hydroxyl groups excluding tert-OH is 1. The Bertz CT molecular complexity index is 573. The normalized spacial score (nSPS) is 10.4. The Morgan fingerprint density at radius 3 is 2.44 bits per heavy atom. The summed E-state index contributed by atoms with van der Waals surface area (Å²) in [5.41, 5.74) is 0.650. The van der Waals surface area contributed by atoms with Gasteiger partial charge in [0.25, 0.3) is 0 Å². The van der Waals surface area contributed by atoms with Gasteiger partial charge in [0, 0.05) is 15.1 Å². The molecule has 0 fully saturated rings. The van der Waals surface area contributed by atoms with Crippen molar-refractivity contribution in [3.05, 3.63) is 55.9 Å². The van der Waals surface area contributed by atoms with E-state index in [-0.39, 0.29) is 6.61 Å². The largest absolute Gasteiger partial charge is 0.456 e. The van der Waals surface area contributed by atoms with Crippen LogP contribution in [0.3, 0.4) is 0 Å². The van der Waals surface area contributed by atoms with Crippen molar-refractivity contribution in [2.45, 2.75) is 6.61 Å². The van der Waals surface area contributed by atoms with Gasteiger partial charge in [-0.05, 0) is 52.3 Å². The molecule has 0 aliphatic carbocycles. The lowest BCUT2D eigenvalue weighted by atomic mass is 10.2. The van der Waals surface area contributed by atoms with Gasteiger partial charge in [0.05, 0.1) is 11.1 Å². The molecule has 0 aromatic heterocycles. The highest BCUT2D eigenvalue weighted by Gasteiger charge is 2.08. The van der Waals surface area contributed by atoms with E-state index in [0.29, 0.717) is 22.1 Å². The maximum atomic E-state index is 9.28. The highest BCUT2D eigenvalue weighted by molar-refractivity contribution is 9.11. The van der Waals surface area contributed by atoms with Crippen LogP contribution in [0.25, 0.3) is 0 Å². The monoisotopic (exact) mass is 390 g/mol. The second kappa shape index (κ2) is 6.06. The van der Waals surface area contributed by atoms with Gasteiger partial charge >= 0.3 is 0 Å². The zero-order valence-electron chi connectivity index (χ0n) is 9.16. The average molecular weight is 392 g/mol. The fourth-order valence-electron chi connectivity index (χ4n) is 1.45. The summed E-state index contributed by atoms with van der Waals surface area (Å²) >= 11 is 12.7. The summed E-state index contributed by atoms with van der Waals surface area (Å²) in [6, 6.07) is 10.8. The van der Waals surface area contributed by atoms with E-state index in [1.54, 1.807) is 18.2 Å². The van der Waals surface area contributed by atoms with Crippen LogP contribution < -0.4 is 4.74 Å². The minimum Gasteiger partial charge on any atom is -0.456 e. The Kier molecular flexibility index (Phi) is 4.67. The third-order valence-corrected chi connectivity index (χ3v) is 3.65. The molecule has 0 aliphatic rings. The molecule has 2 rings (SSSR count). The number of rotatable bonds is 3. The molecule has 0 saturated heterocycles. The average Bonchev–Trinajstić information content (AvgIpc) is 2.34. The van der Waals surface area contributed by atoms with Crippen LogP contribution in [0.4, 0.5) is 0 Å². The van der Waals surface area contributed by atoms with Crippen molar-refractivity contribution in [1.82, 2.24) is 0 Å². The van der Waals surface area contributed by atoms with Crippen molar-refractivity contribution >= 4 is 43.5 Å². The zero-order valence-corrected chi connectivity index (χ0v) is 13.1. The molecule has 0 bridgehead atoms. The van der Waals surface area contributed by atoms with E-state index in [4.69, 9.17) is 16.3 Å². The number of hydrogen-bond acceptors (Lipinski definition) is 2. The summed E-state index contributed by atoms with van der Waals surface area (Å²) in [4.78, 5) is 0. The van der Waals surface area contributed by atoms with Gasteiger partial charge in [-0.15, -0.1) is 0 Å². The molecule has 0 radical (unpaired) electrons. The first-order valence-electron chi connectivity index (χ1n) is 5.12. The molecule has 1 N–H and O–H groups in total. The van der Waals surface area contributed by atoms with Gasteiger partial charge in [-0.1, -0.05) is 27.5 Å². The highest BCUT2D eigenvalue weighted by Crippen LogP contribution is 2.34. The van der Waals surface area contributed by atoms with E-state index < -0.39 is 0 Å². The van der Waals surface area contributed by atoms with Crippen LogP contribution in [-0.4, -0.2) is 5.11 Å². The van der Waals surface area contributed by atoms with Gasteiger partial charge in [-0.2, -0.15) is 0 Å². The van der Waals surface area contributed by atoms with Crippen LogP contribution in [0.15, 0.2) is 45.3 Å². The van der Waals surface area contributed by atoms with E-state index in [1.165, 1.54) is 0 Å². The molecular weight excluding hydrogens is 383 g/mol. The summed E-state index contributed by atoms with van der Waals surface area (Å²) in [5.74, 6) is 1.26. The van der Waals surface area contributed by atoms with E-state index in [9.17, 15) is 5.11 Å². The molecule has 2 nitrogen and oxygen atoms in total. The quantitative estimate of drug-likeness (QED) is 0.783. The number of ether oxygens (including phenoxy) is 1. The van der Waals surface area contributed by atoms with E-state index in [0.717, 1.165) is 8.95 Å². The number of hydrogen-bond donors (Lipinski definition) is 1. The van der Waals surface area contributed by atoms with Crippen LogP contribution in [0, 0.1) is 0 Å². The van der Waals surface area contributed by atoms with Gasteiger partial charge in [0.1, 0.15) is 11.5 Å². The van der Waals surface area contributed by atoms with Crippen molar-refractivity contribution in [1.29, 1.82) is 0 Å². The summed E-state index contributed by atoms with van der Waals surface area (Å²) in [6.07, 6.45) is 0. The second-order valence-electron chi connectivity index (χ2n) is 3.59. The smallest absolute Gasteiger partial charge is 0.141 e. The molecule has 0 saturated carbocycles. The molecule has 18 heavy (non-hydrogen) atoms. The summed E-state index contributed by atoms with van der Waals surface area (Å²) in [5, 5.41) is 9.85. The van der Waals surface area contributed by atoms with E-state index in [1.807, 2.05) is 18.2 Å². The summed E-state index contributed by atoms with van der Waals surface area (Å²) in [7, 11) is 0. The molecule has 0 amide bonds. The molecule has 5 heteroatoms. The first kappa shape index (κ1) is 13.9. The molecule has 0 atom stereocenters. The molecule has 0 unspecified atom stereocenters. The minimum atomic E-state index is -0.121. The van der Waals surface area contributed by atoms with Gasteiger partial charge in [0.15, 0.2) is 0 Å². The molecule has 0 aliphatic heterocycles. The molecule has 0 spiro atoms. The third-order valence-electron chi connectivity index (χ3n) is 2.31. The van der Waals surface area contributed by atoms with Gasteiger partial charge in [-0.3, -0.25) is 0 Å². The Balaban J connectivity index is 2.33. The minimum absolute atomic E-state index is 0.121. The van der Waals surface area contributed by atoms with Gasteiger partial charge < -0.3 is 9.84 Å². The van der Waals surface area contributed by atoms with Crippen molar-refractivity contribution in [3.8, 4) is 11.5 Å². The van der Waals surface area contributed by atoms with Crippen LogP contribution >= 0.6 is 43.5 Å². The van der Waals surface area contributed by atoms with Crippen LogP contribution in [0.2, 0.25) is 5.02 Å². The Labute approximate surface area is 127 Å². The first-order chi connectivity index (χ1) is 8.60. The predicted octanol–water partition coefficient (Wildman–Crippen LogP) is 5.15. The van der Waals surface area contributed by atoms with E-state index in [2.05, 4.69) is 31.9 Å². The molecule has 0 heterocycles. The fourth-order valence-corrected chi connectivity index (χ4v) is 2.77. The van der Waals surface area contributed by atoms with Crippen LogP contribution in [0.1, 0.15) is 5.56 Å². The Morgan fingerprint density at radius 1 is 1.06 bits per heavy atom.